The molecular weight excluding hydrogens is 732 g/mol. The highest BCUT2D eigenvalue weighted by atomic mass is 79.9. The number of ether oxygens (including phenoxy) is 3. The molecule has 8 nitrogen and oxygen atoms in total. The number of fused-ring (bicyclic) bond motifs is 1. The van der Waals surface area contributed by atoms with E-state index in [0.717, 1.165) is 21.2 Å². The monoisotopic (exact) mass is 758 g/mol. The zero-order chi connectivity index (χ0) is 31.2. The first-order valence-electron chi connectivity index (χ1n) is 13.7. The van der Waals surface area contributed by atoms with Gasteiger partial charge in [-0.3, -0.25) is 0 Å². The van der Waals surface area contributed by atoms with Crippen molar-refractivity contribution in [2.24, 2.45) is 0 Å². The van der Waals surface area contributed by atoms with Crippen LogP contribution in [0.1, 0.15) is 36.6 Å². The lowest BCUT2D eigenvalue weighted by atomic mass is 9.95. The number of rotatable bonds is 12. The van der Waals surface area contributed by atoms with Crippen LogP contribution >= 0.6 is 55.2 Å². The molecule has 12 heteroatoms. The van der Waals surface area contributed by atoms with E-state index in [1.165, 1.54) is 17.8 Å². The Hall–Kier alpha value is -3.25. The number of esters is 1. The van der Waals surface area contributed by atoms with E-state index in [1.54, 1.807) is 4.68 Å². The third kappa shape index (κ3) is 7.34. The number of thioether (sulfide) groups is 1. The summed E-state index contributed by atoms with van der Waals surface area (Å²) in [6.07, 6.45) is 1.53. The molecule has 0 saturated heterocycles. The summed E-state index contributed by atoms with van der Waals surface area (Å²) in [4.78, 5) is 18.2. The number of hydrogen-bond acceptors (Lipinski definition) is 8. The summed E-state index contributed by atoms with van der Waals surface area (Å²) in [5.74, 6) is 1.67. The minimum Gasteiger partial charge on any atom is -0.490 e. The van der Waals surface area contributed by atoms with E-state index in [2.05, 4.69) is 43.8 Å². The molecule has 4 aromatic rings. The van der Waals surface area contributed by atoms with Crippen molar-refractivity contribution in [3.8, 4) is 11.5 Å². The van der Waals surface area contributed by atoms with Crippen LogP contribution in [-0.2, 0) is 21.9 Å². The molecule has 0 fully saturated rings. The number of anilines is 1. The van der Waals surface area contributed by atoms with Crippen LogP contribution < -0.4 is 14.8 Å². The fourth-order valence-corrected chi connectivity index (χ4v) is 6.80. The van der Waals surface area contributed by atoms with E-state index in [-0.39, 0.29) is 6.61 Å². The molecule has 0 aliphatic carbocycles. The summed E-state index contributed by atoms with van der Waals surface area (Å²) in [7, 11) is 0. The maximum atomic E-state index is 13.4. The molecule has 228 valence electrons. The lowest BCUT2D eigenvalue weighted by molar-refractivity contribution is -0.138. The molecule has 44 heavy (non-hydrogen) atoms. The summed E-state index contributed by atoms with van der Waals surface area (Å²) in [6.45, 7) is 8.22. The molecule has 1 unspecified atom stereocenters. The van der Waals surface area contributed by atoms with Gasteiger partial charge in [-0.1, -0.05) is 82.3 Å². The molecule has 0 bridgehead atoms. The Labute approximate surface area is 282 Å². The number of hydrogen-bond donors (Lipinski definition) is 1. The number of benzene rings is 3. The van der Waals surface area contributed by atoms with Crippen LogP contribution in [0.25, 0.3) is 0 Å². The lowest BCUT2D eigenvalue weighted by Gasteiger charge is -2.29. The normalized spacial score (nSPS) is 14.1. The van der Waals surface area contributed by atoms with Crippen LogP contribution in [0.5, 0.6) is 11.5 Å². The molecule has 0 saturated carbocycles. The predicted octanol–water partition coefficient (Wildman–Crippen LogP) is 8.74. The number of nitrogens with zero attached hydrogens (tertiary/aromatic N) is 3. The van der Waals surface area contributed by atoms with Gasteiger partial charge in [0.15, 0.2) is 11.5 Å². The molecule has 2 heterocycles. The molecule has 1 aliphatic rings. The molecule has 0 amide bonds. The van der Waals surface area contributed by atoms with Crippen molar-refractivity contribution in [1.82, 2.24) is 14.8 Å². The first-order valence-corrected chi connectivity index (χ1v) is 16.7. The van der Waals surface area contributed by atoms with Crippen molar-refractivity contribution >= 4 is 67.1 Å². The van der Waals surface area contributed by atoms with Crippen molar-refractivity contribution < 1.29 is 19.0 Å². The van der Waals surface area contributed by atoms with Crippen LogP contribution in [0.4, 0.5) is 5.95 Å². The van der Waals surface area contributed by atoms with Crippen molar-refractivity contribution in [2.45, 2.75) is 37.4 Å². The number of halogens is 3. The highest BCUT2D eigenvalue weighted by Gasteiger charge is 2.36. The Morgan fingerprint density at radius 1 is 1.16 bits per heavy atom. The Bertz CT molecular complexity index is 1730. The fraction of sp³-hybridized carbons (Fsp3) is 0.219. The fourth-order valence-electron chi connectivity index (χ4n) is 4.67. The predicted molar refractivity (Wildman–Crippen MR) is 180 cm³/mol. The van der Waals surface area contributed by atoms with Gasteiger partial charge in [0.25, 0.3) is 0 Å². The summed E-state index contributed by atoms with van der Waals surface area (Å²) < 4.78 is 21.1. The standard InChI is InChI=1S/C32H29Br2ClN4O4S/c1-4-13-42-30(40)27-19(3)36-31-37-32(44-18-21-10-6-7-12-25(21)35)38-39(31)28(27)22-15-24(34)29(26(16-22)41-5-2)43-17-20-9-8-11-23(33)14-20/h4,6-12,14-16,28H,1,5,13,17-18H2,2-3H3,(H,36,37,38). The average Bonchev–Trinajstić information content (AvgIpc) is 3.40. The van der Waals surface area contributed by atoms with Gasteiger partial charge >= 0.3 is 5.97 Å². The van der Waals surface area contributed by atoms with Gasteiger partial charge in [-0.25, -0.2) is 9.48 Å². The zero-order valence-corrected chi connectivity index (χ0v) is 28.7. The number of aromatic nitrogens is 3. The first kappa shape index (κ1) is 32.2. The maximum absolute atomic E-state index is 13.4. The van der Waals surface area contributed by atoms with Crippen molar-refractivity contribution in [3.63, 3.8) is 0 Å². The van der Waals surface area contributed by atoms with E-state index in [4.69, 9.17) is 35.9 Å². The molecule has 0 radical (unpaired) electrons. The van der Waals surface area contributed by atoms with E-state index < -0.39 is 12.0 Å². The molecule has 1 N–H and O–H groups in total. The minimum absolute atomic E-state index is 0.0712. The van der Waals surface area contributed by atoms with Gasteiger partial charge in [0.2, 0.25) is 11.1 Å². The van der Waals surface area contributed by atoms with Crippen LogP contribution in [-0.4, -0.2) is 33.9 Å². The first-order chi connectivity index (χ1) is 21.3. The second-order valence-corrected chi connectivity index (χ2v) is 12.8. The maximum Gasteiger partial charge on any atom is 0.338 e. The SMILES string of the molecule is C=CCOC(=O)C1=C(C)Nc2nc(SCc3ccccc3Cl)nn2C1c1cc(Br)c(OCc2cccc(Br)c2)c(OCC)c1. The summed E-state index contributed by atoms with van der Waals surface area (Å²) >= 11 is 15.0. The van der Waals surface area contributed by atoms with E-state index in [9.17, 15) is 4.79 Å². The van der Waals surface area contributed by atoms with Crippen molar-refractivity contribution in [3.05, 3.63) is 115 Å². The highest BCUT2D eigenvalue weighted by Crippen LogP contribution is 2.44. The highest BCUT2D eigenvalue weighted by molar-refractivity contribution is 9.10. The molecule has 5 rings (SSSR count). The van der Waals surface area contributed by atoms with Gasteiger partial charge in [-0.15, -0.1) is 5.10 Å². The molecule has 1 aliphatic heterocycles. The van der Waals surface area contributed by atoms with Gasteiger partial charge in [0.05, 0.1) is 16.7 Å². The Morgan fingerprint density at radius 3 is 2.73 bits per heavy atom. The summed E-state index contributed by atoms with van der Waals surface area (Å²) in [6, 6.07) is 18.7. The van der Waals surface area contributed by atoms with Gasteiger partial charge in [-0.05, 0) is 76.8 Å². The van der Waals surface area contributed by atoms with Crippen molar-refractivity contribution in [1.29, 1.82) is 0 Å². The Balaban J connectivity index is 1.53. The third-order valence-corrected chi connectivity index (χ3v) is 8.96. The topological polar surface area (TPSA) is 87.5 Å². The quantitative estimate of drug-likeness (QED) is 0.0872. The van der Waals surface area contributed by atoms with Crippen LogP contribution in [0.3, 0.4) is 0 Å². The van der Waals surface area contributed by atoms with Crippen molar-refractivity contribution in [2.75, 3.05) is 18.5 Å². The molecule has 3 aromatic carbocycles. The smallest absolute Gasteiger partial charge is 0.338 e. The summed E-state index contributed by atoms with van der Waals surface area (Å²) in [5, 5.41) is 9.27. The second-order valence-electron chi connectivity index (χ2n) is 9.68. The lowest BCUT2D eigenvalue weighted by Crippen LogP contribution is -2.29. The van der Waals surface area contributed by atoms with Gasteiger partial charge in [0, 0.05) is 20.9 Å². The molecule has 1 aromatic heterocycles. The van der Waals surface area contributed by atoms with Gasteiger partial charge in [-0.2, -0.15) is 4.98 Å². The number of allylic oxidation sites excluding steroid dienone is 1. The van der Waals surface area contributed by atoms with Gasteiger partial charge in [0.1, 0.15) is 19.3 Å². The largest absolute Gasteiger partial charge is 0.490 e. The number of nitrogens with one attached hydrogen (secondary N) is 1. The van der Waals surface area contributed by atoms with E-state index in [1.807, 2.05) is 74.5 Å². The van der Waals surface area contributed by atoms with Crippen LogP contribution in [0, 0.1) is 0 Å². The number of carbonyl (C=O) groups is 1. The second kappa shape index (κ2) is 14.7. The van der Waals surface area contributed by atoms with Crippen LogP contribution in [0.15, 0.2) is 98.7 Å². The number of carbonyl (C=O) groups excluding carboxylic acids is 1. The molecule has 0 spiro atoms. The zero-order valence-electron chi connectivity index (χ0n) is 24.0. The summed E-state index contributed by atoms with van der Waals surface area (Å²) in [5.41, 5.74) is 3.70. The van der Waals surface area contributed by atoms with E-state index >= 15 is 0 Å². The van der Waals surface area contributed by atoms with Gasteiger partial charge < -0.3 is 19.5 Å². The van der Waals surface area contributed by atoms with E-state index in [0.29, 0.717) is 62.3 Å². The Kier molecular flexibility index (Phi) is 10.7. The Morgan fingerprint density at radius 2 is 1.98 bits per heavy atom. The minimum atomic E-state index is -0.666. The third-order valence-electron chi connectivity index (χ3n) is 6.62. The van der Waals surface area contributed by atoms with Crippen LogP contribution in [0.2, 0.25) is 5.02 Å². The molecular formula is C32H29Br2ClN4O4S. The molecule has 1 atom stereocenters. The average molecular weight is 761 g/mol.